The summed E-state index contributed by atoms with van der Waals surface area (Å²) in [5.41, 5.74) is 6.54. The van der Waals surface area contributed by atoms with Gasteiger partial charge in [0.05, 0.1) is 37.3 Å². The number of ether oxygens (including phenoxy) is 1. The Kier molecular flexibility index (Phi) is 15.0. The molecular formula is C38H44Cl3N7O3. The number of hydrogen-bond donors (Lipinski definition) is 4. The molecule has 2 aliphatic heterocycles. The van der Waals surface area contributed by atoms with Crippen LogP contribution in [0, 0.1) is 36.5 Å². The van der Waals surface area contributed by atoms with Gasteiger partial charge in [-0.3, -0.25) is 4.79 Å². The summed E-state index contributed by atoms with van der Waals surface area (Å²) in [4.78, 5) is 43.4. The van der Waals surface area contributed by atoms with E-state index in [-0.39, 0.29) is 61.1 Å². The van der Waals surface area contributed by atoms with E-state index in [1.54, 1.807) is 6.20 Å². The average molecular weight is 753 g/mol. The minimum Gasteiger partial charge on any atom is -0.453 e. The molecule has 2 saturated heterocycles. The molecule has 2 amide bonds. The molecule has 13 heteroatoms. The first kappa shape index (κ1) is 41.0. The van der Waals surface area contributed by atoms with E-state index in [0.29, 0.717) is 6.54 Å². The van der Waals surface area contributed by atoms with Crippen LogP contribution in [0.15, 0.2) is 54.9 Å². The highest BCUT2D eigenvalue weighted by Gasteiger charge is 2.37. The number of carbonyl (C=O) groups excluding carboxylic acids is 2. The third-order valence-corrected chi connectivity index (χ3v) is 9.00. The van der Waals surface area contributed by atoms with Crippen molar-refractivity contribution < 1.29 is 14.3 Å². The highest BCUT2D eigenvalue weighted by atomic mass is 35.5. The van der Waals surface area contributed by atoms with Crippen molar-refractivity contribution in [1.29, 1.82) is 0 Å². The van der Waals surface area contributed by atoms with Crippen molar-refractivity contribution in [3.05, 3.63) is 83.3 Å². The molecule has 3 atom stereocenters. The second-order valence-corrected chi connectivity index (χ2v) is 12.6. The van der Waals surface area contributed by atoms with Crippen LogP contribution in [0.3, 0.4) is 0 Å². The van der Waals surface area contributed by atoms with Crippen LogP contribution in [0.4, 0.5) is 4.79 Å². The summed E-state index contributed by atoms with van der Waals surface area (Å²) in [5, 5.41) is 6.16. The Balaban J connectivity index is 0.00000234. The summed E-state index contributed by atoms with van der Waals surface area (Å²) in [6.07, 6.45) is 6.82. The number of aromatic nitrogens is 4. The van der Waals surface area contributed by atoms with Gasteiger partial charge in [-0.05, 0) is 91.7 Å². The molecule has 2 aliphatic rings. The number of hydrogen-bond acceptors (Lipinski definition) is 6. The maximum absolute atomic E-state index is 13.6. The molecule has 4 heterocycles. The first-order valence-corrected chi connectivity index (χ1v) is 16.5. The quantitative estimate of drug-likeness (QED) is 0.152. The fourth-order valence-electron chi connectivity index (χ4n) is 6.49. The predicted octanol–water partition coefficient (Wildman–Crippen LogP) is 6.91. The Morgan fingerprint density at radius 1 is 0.941 bits per heavy atom. The number of methoxy groups -OCH3 is 1. The van der Waals surface area contributed by atoms with E-state index in [0.717, 1.165) is 83.1 Å². The van der Waals surface area contributed by atoms with Crippen LogP contribution in [-0.2, 0) is 9.53 Å². The van der Waals surface area contributed by atoms with E-state index in [4.69, 9.17) is 9.72 Å². The van der Waals surface area contributed by atoms with Gasteiger partial charge in [0, 0.05) is 17.7 Å². The van der Waals surface area contributed by atoms with Crippen LogP contribution < -0.4 is 10.6 Å². The summed E-state index contributed by atoms with van der Waals surface area (Å²) in [6, 6.07) is 13.8. The van der Waals surface area contributed by atoms with E-state index in [1.807, 2.05) is 43.1 Å². The SMILES string of the molecule is COC(=O)N[C@H](C(=O)N1CCCC1c1ncc(-c2cc(C)c(C#CC#Cc3cnc(C4CCCN4)[nH]3)c(-c3ccccc3)c2)[nH]1)C(C)C.Cl.Cl.Cl. The zero-order chi connectivity index (χ0) is 33.6. The van der Waals surface area contributed by atoms with Crippen molar-refractivity contribution in [1.82, 2.24) is 35.5 Å². The molecule has 0 aliphatic carbocycles. The molecule has 4 N–H and O–H groups in total. The predicted molar refractivity (Wildman–Crippen MR) is 206 cm³/mol. The molecule has 6 rings (SSSR count). The number of H-pyrrole nitrogens is 2. The topological polar surface area (TPSA) is 128 Å². The van der Waals surface area contributed by atoms with Gasteiger partial charge in [-0.2, -0.15) is 0 Å². The van der Waals surface area contributed by atoms with Crippen LogP contribution in [0.5, 0.6) is 0 Å². The number of alkyl carbamates (subject to hydrolysis) is 1. The number of aromatic amines is 2. The summed E-state index contributed by atoms with van der Waals surface area (Å²) in [6.45, 7) is 7.48. The van der Waals surface area contributed by atoms with Crippen LogP contribution in [-0.4, -0.2) is 63.1 Å². The second kappa shape index (κ2) is 18.7. The lowest BCUT2D eigenvalue weighted by atomic mass is 9.93. The lowest BCUT2D eigenvalue weighted by Crippen LogP contribution is -2.51. The molecule has 0 radical (unpaired) electrons. The van der Waals surface area contributed by atoms with Crippen molar-refractivity contribution in [2.24, 2.45) is 5.92 Å². The summed E-state index contributed by atoms with van der Waals surface area (Å²) >= 11 is 0. The summed E-state index contributed by atoms with van der Waals surface area (Å²) in [7, 11) is 1.30. The molecule has 2 aromatic heterocycles. The fourth-order valence-corrected chi connectivity index (χ4v) is 6.49. The molecular weight excluding hydrogens is 709 g/mol. The van der Waals surface area contributed by atoms with E-state index in [9.17, 15) is 9.59 Å². The highest BCUT2D eigenvalue weighted by Crippen LogP contribution is 2.35. The standard InChI is InChI=1S/C38H41N7O3.3ClH/c1-24(2)34(44-38(47)48-4)37(46)45-19-11-17-33(45)36-41-23-32(43-36)27-20-25(3)29(30(21-27)26-12-6-5-7-13-26)15-9-8-14-28-22-40-35(42-28)31-16-10-18-39-31;;;/h5-7,12-13,20-24,31,33-34,39H,10-11,16-19H2,1-4H3,(H,40,42)(H,41,43)(H,44,47);3*1H/t31?,33?,34-;;;/m0.../s1. The normalized spacial score (nSPS) is 16.7. The summed E-state index contributed by atoms with van der Waals surface area (Å²) < 4.78 is 4.77. The number of rotatable bonds is 7. The van der Waals surface area contributed by atoms with Crippen molar-refractivity contribution in [2.75, 3.05) is 20.2 Å². The Morgan fingerprint density at radius 2 is 1.69 bits per heavy atom. The number of carbonyl (C=O) groups is 2. The number of amides is 2. The third-order valence-electron chi connectivity index (χ3n) is 9.00. The molecule has 2 aromatic carbocycles. The Morgan fingerprint density at radius 3 is 2.39 bits per heavy atom. The van der Waals surface area contributed by atoms with Gasteiger partial charge in [0.25, 0.3) is 0 Å². The zero-order valence-electron chi connectivity index (χ0n) is 29.0. The fraction of sp³-hybridized carbons (Fsp3) is 0.368. The number of halogens is 3. The lowest BCUT2D eigenvalue weighted by molar-refractivity contribution is -0.135. The monoisotopic (exact) mass is 751 g/mol. The van der Waals surface area contributed by atoms with Gasteiger partial charge >= 0.3 is 6.09 Å². The largest absolute Gasteiger partial charge is 0.453 e. The average Bonchev–Trinajstić information content (AvgIpc) is 3.93. The van der Waals surface area contributed by atoms with E-state index in [1.165, 1.54) is 7.11 Å². The molecule has 2 fully saturated rings. The van der Waals surface area contributed by atoms with Crippen molar-refractivity contribution in [3.8, 4) is 46.1 Å². The number of likely N-dealkylation sites (tertiary alicyclic amines) is 1. The van der Waals surface area contributed by atoms with Gasteiger partial charge in [-0.25, -0.2) is 14.8 Å². The molecule has 51 heavy (non-hydrogen) atoms. The van der Waals surface area contributed by atoms with Gasteiger partial charge in [-0.1, -0.05) is 50.1 Å². The number of imidazole rings is 2. The molecule has 0 saturated carbocycles. The van der Waals surface area contributed by atoms with Crippen LogP contribution in [0.2, 0.25) is 0 Å². The van der Waals surface area contributed by atoms with Gasteiger partial charge in [0.2, 0.25) is 5.91 Å². The minimum absolute atomic E-state index is 0. The summed E-state index contributed by atoms with van der Waals surface area (Å²) in [5.74, 6) is 13.9. The molecule has 0 spiro atoms. The third kappa shape index (κ3) is 9.46. The Hall–Kier alpha value is -4.45. The molecule has 4 aromatic rings. The Labute approximate surface area is 318 Å². The van der Waals surface area contributed by atoms with Crippen LogP contribution >= 0.6 is 37.2 Å². The molecule has 10 nitrogen and oxygen atoms in total. The maximum Gasteiger partial charge on any atom is 0.407 e. The Bertz CT molecular complexity index is 1910. The van der Waals surface area contributed by atoms with Crippen molar-refractivity contribution >= 4 is 49.2 Å². The van der Waals surface area contributed by atoms with Crippen LogP contribution in [0.1, 0.15) is 80.1 Å². The van der Waals surface area contributed by atoms with Gasteiger partial charge in [0.1, 0.15) is 23.4 Å². The maximum atomic E-state index is 13.6. The first-order chi connectivity index (χ1) is 23.3. The van der Waals surface area contributed by atoms with Crippen molar-refractivity contribution in [3.63, 3.8) is 0 Å². The van der Waals surface area contributed by atoms with Gasteiger partial charge in [0.15, 0.2) is 0 Å². The van der Waals surface area contributed by atoms with E-state index >= 15 is 0 Å². The number of nitrogens with one attached hydrogen (secondary N) is 4. The molecule has 270 valence electrons. The number of benzene rings is 2. The minimum atomic E-state index is -0.687. The molecule has 2 unspecified atom stereocenters. The number of aryl methyl sites for hydroxylation is 1. The van der Waals surface area contributed by atoms with E-state index in [2.05, 4.69) is 80.5 Å². The van der Waals surface area contributed by atoms with Gasteiger partial charge in [-0.15, -0.1) is 37.2 Å². The number of nitrogens with zero attached hydrogens (tertiary/aromatic N) is 3. The molecule has 0 bridgehead atoms. The van der Waals surface area contributed by atoms with Gasteiger partial charge < -0.3 is 30.2 Å². The first-order valence-electron chi connectivity index (χ1n) is 16.5. The lowest BCUT2D eigenvalue weighted by Gasteiger charge is -2.30. The second-order valence-electron chi connectivity index (χ2n) is 12.6. The van der Waals surface area contributed by atoms with Crippen molar-refractivity contribution in [2.45, 2.75) is 64.6 Å². The van der Waals surface area contributed by atoms with Crippen LogP contribution in [0.25, 0.3) is 22.4 Å². The smallest absolute Gasteiger partial charge is 0.407 e. The zero-order valence-corrected chi connectivity index (χ0v) is 31.5. The highest BCUT2D eigenvalue weighted by molar-refractivity contribution is 5.87. The van der Waals surface area contributed by atoms with E-state index < -0.39 is 12.1 Å².